The third-order valence-corrected chi connectivity index (χ3v) is 3.25. The van der Waals surface area contributed by atoms with Crippen LogP contribution in [0.3, 0.4) is 0 Å². The number of aromatic nitrogens is 1. The summed E-state index contributed by atoms with van der Waals surface area (Å²) in [6, 6.07) is 10.1. The average molecular weight is 272 g/mol. The van der Waals surface area contributed by atoms with Gasteiger partial charge in [-0.3, -0.25) is 4.98 Å². The molecule has 2 rings (SSSR count). The highest BCUT2D eigenvalue weighted by Crippen LogP contribution is 2.17. The number of ether oxygens (including phenoxy) is 1. The minimum atomic E-state index is 0.682. The molecule has 1 aromatic carbocycles. The topological polar surface area (TPSA) is 34.1 Å². The smallest absolute Gasteiger partial charge is 0.138 e. The second kappa shape index (κ2) is 7.85. The third kappa shape index (κ3) is 4.82. The molecule has 0 aliphatic heterocycles. The van der Waals surface area contributed by atoms with Crippen molar-refractivity contribution in [3.8, 4) is 5.75 Å². The number of hydrogen-bond donors (Lipinski definition) is 1. The van der Waals surface area contributed by atoms with Crippen LogP contribution in [0.1, 0.15) is 26.7 Å². The van der Waals surface area contributed by atoms with E-state index < -0.39 is 0 Å². The molecule has 20 heavy (non-hydrogen) atoms. The molecule has 1 aromatic heterocycles. The first-order chi connectivity index (χ1) is 9.75. The van der Waals surface area contributed by atoms with Crippen molar-refractivity contribution in [1.29, 1.82) is 0 Å². The first kappa shape index (κ1) is 14.8. The molecular formula is C17H24N2O. The Hall–Kier alpha value is -1.61. The van der Waals surface area contributed by atoms with Crippen LogP contribution in [-0.2, 0) is 0 Å². The van der Waals surface area contributed by atoms with Crippen LogP contribution in [-0.4, -0.2) is 24.7 Å². The Bertz CT molecular complexity index is 525. The predicted octanol–water partition coefficient (Wildman–Crippen LogP) is 3.64. The lowest BCUT2D eigenvalue weighted by molar-refractivity contribution is 0.312. The molecule has 0 bridgehead atoms. The first-order valence-corrected chi connectivity index (χ1v) is 7.44. The Morgan fingerprint density at radius 3 is 2.90 bits per heavy atom. The van der Waals surface area contributed by atoms with Gasteiger partial charge in [0.2, 0.25) is 0 Å². The van der Waals surface area contributed by atoms with Gasteiger partial charge in [-0.05, 0) is 37.4 Å². The number of benzene rings is 1. The summed E-state index contributed by atoms with van der Waals surface area (Å²) < 4.78 is 5.72. The Morgan fingerprint density at radius 1 is 1.20 bits per heavy atom. The maximum atomic E-state index is 5.72. The number of hydrogen-bond acceptors (Lipinski definition) is 3. The van der Waals surface area contributed by atoms with Crippen molar-refractivity contribution in [2.75, 3.05) is 19.7 Å². The zero-order valence-electron chi connectivity index (χ0n) is 12.4. The van der Waals surface area contributed by atoms with Gasteiger partial charge in [0.1, 0.15) is 12.4 Å². The maximum absolute atomic E-state index is 5.72. The van der Waals surface area contributed by atoms with E-state index in [1.807, 2.05) is 24.3 Å². The lowest BCUT2D eigenvalue weighted by atomic mass is 10.1. The molecule has 0 radical (unpaired) electrons. The molecule has 0 aliphatic rings. The lowest BCUT2D eigenvalue weighted by Crippen LogP contribution is -2.22. The van der Waals surface area contributed by atoms with E-state index in [-0.39, 0.29) is 0 Å². The van der Waals surface area contributed by atoms with Crippen LogP contribution in [0.2, 0.25) is 0 Å². The summed E-state index contributed by atoms with van der Waals surface area (Å²) in [5.41, 5.74) is 1.01. The summed E-state index contributed by atoms with van der Waals surface area (Å²) in [5, 5.41) is 4.52. The summed E-state index contributed by atoms with van der Waals surface area (Å²) in [5.74, 6) is 1.63. The fourth-order valence-corrected chi connectivity index (χ4v) is 2.13. The van der Waals surface area contributed by atoms with E-state index in [1.54, 1.807) is 6.20 Å². The van der Waals surface area contributed by atoms with Crippen LogP contribution in [0, 0.1) is 5.92 Å². The van der Waals surface area contributed by atoms with Crippen LogP contribution < -0.4 is 10.1 Å². The fourth-order valence-electron chi connectivity index (χ4n) is 2.13. The molecule has 0 fully saturated rings. The molecule has 0 aliphatic carbocycles. The lowest BCUT2D eigenvalue weighted by Gasteiger charge is -2.08. The van der Waals surface area contributed by atoms with E-state index >= 15 is 0 Å². The van der Waals surface area contributed by atoms with Crippen LogP contribution >= 0.6 is 0 Å². The van der Waals surface area contributed by atoms with Gasteiger partial charge < -0.3 is 10.1 Å². The minimum Gasteiger partial charge on any atom is -0.491 e. The van der Waals surface area contributed by atoms with Gasteiger partial charge in [0.05, 0.1) is 11.7 Å². The van der Waals surface area contributed by atoms with E-state index in [0.29, 0.717) is 6.61 Å². The van der Waals surface area contributed by atoms with E-state index in [4.69, 9.17) is 4.74 Å². The summed E-state index contributed by atoms with van der Waals surface area (Å²) in [7, 11) is 0. The van der Waals surface area contributed by atoms with Crippen molar-refractivity contribution in [3.05, 3.63) is 36.5 Å². The molecular weight excluding hydrogens is 248 g/mol. The number of nitrogens with zero attached hydrogens (tertiary/aromatic N) is 1. The molecule has 108 valence electrons. The maximum Gasteiger partial charge on any atom is 0.138 e. The monoisotopic (exact) mass is 272 g/mol. The van der Waals surface area contributed by atoms with E-state index in [0.717, 1.165) is 35.7 Å². The van der Waals surface area contributed by atoms with Gasteiger partial charge in [-0.2, -0.15) is 0 Å². The number of fused-ring (bicyclic) bond motifs is 1. The average Bonchev–Trinajstić information content (AvgIpc) is 2.46. The summed E-state index contributed by atoms with van der Waals surface area (Å²) in [6.07, 6.45) is 4.30. The highest BCUT2D eigenvalue weighted by molar-refractivity contribution is 5.79. The molecule has 0 amide bonds. The highest BCUT2D eigenvalue weighted by Gasteiger charge is 1.98. The number of para-hydroxylation sites is 1. The standard InChI is InChI=1S/C17H24N2O/c1-14(2)6-5-9-18-10-11-20-16-12-15-7-3-4-8-17(15)19-13-16/h3-4,7-8,12-14,18H,5-6,9-11H2,1-2H3. The van der Waals surface area contributed by atoms with Crippen molar-refractivity contribution in [2.24, 2.45) is 5.92 Å². The van der Waals surface area contributed by atoms with Gasteiger partial charge in [0.15, 0.2) is 0 Å². The normalized spacial score (nSPS) is 11.2. The number of rotatable bonds is 8. The van der Waals surface area contributed by atoms with Gasteiger partial charge >= 0.3 is 0 Å². The van der Waals surface area contributed by atoms with Gasteiger partial charge in [-0.15, -0.1) is 0 Å². The summed E-state index contributed by atoms with van der Waals surface area (Å²) in [4.78, 5) is 4.38. The molecule has 0 unspecified atom stereocenters. The predicted molar refractivity (Wildman–Crippen MR) is 84.2 cm³/mol. The number of pyridine rings is 1. The van der Waals surface area contributed by atoms with E-state index in [2.05, 4.69) is 30.2 Å². The second-order valence-corrected chi connectivity index (χ2v) is 5.50. The summed E-state index contributed by atoms with van der Waals surface area (Å²) >= 11 is 0. The van der Waals surface area contributed by atoms with Crippen molar-refractivity contribution in [1.82, 2.24) is 10.3 Å². The zero-order valence-corrected chi connectivity index (χ0v) is 12.4. The van der Waals surface area contributed by atoms with Gasteiger partial charge in [-0.25, -0.2) is 0 Å². The first-order valence-electron chi connectivity index (χ1n) is 7.44. The summed E-state index contributed by atoms with van der Waals surface area (Å²) in [6.45, 7) is 7.15. The Morgan fingerprint density at radius 2 is 2.05 bits per heavy atom. The number of nitrogens with one attached hydrogen (secondary N) is 1. The SMILES string of the molecule is CC(C)CCCNCCOc1cnc2ccccc2c1. The van der Waals surface area contributed by atoms with Gasteiger partial charge in [0, 0.05) is 11.9 Å². The molecule has 0 saturated carbocycles. The van der Waals surface area contributed by atoms with Crippen LogP contribution in [0.4, 0.5) is 0 Å². The Labute approximate surface area is 121 Å². The Balaban J connectivity index is 1.68. The Kier molecular flexibility index (Phi) is 5.81. The van der Waals surface area contributed by atoms with Crippen LogP contribution in [0.15, 0.2) is 36.5 Å². The molecule has 3 heteroatoms. The minimum absolute atomic E-state index is 0.682. The fraction of sp³-hybridized carbons (Fsp3) is 0.471. The largest absolute Gasteiger partial charge is 0.491 e. The van der Waals surface area contributed by atoms with Crippen molar-refractivity contribution in [3.63, 3.8) is 0 Å². The zero-order chi connectivity index (χ0) is 14.2. The molecule has 3 nitrogen and oxygen atoms in total. The van der Waals surface area contributed by atoms with Crippen molar-refractivity contribution < 1.29 is 4.74 Å². The van der Waals surface area contributed by atoms with Crippen LogP contribution in [0.5, 0.6) is 5.75 Å². The third-order valence-electron chi connectivity index (χ3n) is 3.25. The van der Waals surface area contributed by atoms with Gasteiger partial charge in [0.25, 0.3) is 0 Å². The molecule has 1 heterocycles. The molecule has 0 spiro atoms. The quantitative estimate of drug-likeness (QED) is 0.745. The highest BCUT2D eigenvalue weighted by atomic mass is 16.5. The second-order valence-electron chi connectivity index (χ2n) is 5.50. The van der Waals surface area contributed by atoms with Crippen molar-refractivity contribution >= 4 is 10.9 Å². The molecule has 1 N–H and O–H groups in total. The molecule has 0 atom stereocenters. The molecule has 0 saturated heterocycles. The van der Waals surface area contributed by atoms with Gasteiger partial charge in [-0.1, -0.05) is 32.0 Å². The van der Waals surface area contributed by atoms with E-state index in [9.17, 15) is 0 Å². The molecule has 2 aromatic rings. The van der Waals surface area contributed by atoms with Crippen molar-refractivity contribution in [2.45, 2.75) is 26.7 Å². The van der Waals surface area contributed by atoms with Crippen LogP contribution in [0.25, 0.3) is 10.9 Å². The van der Waals surface area contributed by atoms with E-state index in [1.165, 1.54) is 12.8 Å².